The zero-order valence-corrected chi connectivity index (χ0v) is 11.7. The Hall–Kier alpha value is -0.910. The summed E-state index contributed by atoms with van der Waals surface area (Å²) in [5.41, 5.74) is 0.710. The van der Waals surface area contributed by atoms with E-state index in [-0.39, 0.29) is 10.3 Å². The number of nitrogens with zero attached hydrogens (tertiary/aromatic N) is 3. The molecule has 0 spiro atoms. The van der Waals surface area contributed by atoms with E-state index in [9.17, 15) is 0 Å². The topological polar surface area (TPSA) is 47.9 Å². The Bertz CT molecular complexity index is 525. The van der Waals surface area contributed by atoms with Gasteiger partial charge in [-0.25, -0.2) is 15.0 Å². The molecule has 0 aliphatic rings. The third kappa shape index (κ3) is 2.68. The number of ether oxygens (including phenoxy) is 1. The summed E-state index contributed by atoms with van der Waals surface area (Å²) >= 11 is 15.0. The van der Waals surface area contributed by atoms with Gasteiger partial charge in [-0.2, -0.15) is 0 Å². The smallest absolute Gasteiger partial charge is 0.212 e. The second-order valence-electron chi connectivity index (χ2n) is 3.03. The summed E-state index contributed by atoms with van der Waals surface area (Å²) in [6, 6.07) is 3.49. The molecule has 0 fully saturated rings. The first-order chi connectivity index (χ1) is 8.11. The summed E-state index contributed by atoms with van der Waals surface area (Å²) < 4.78 is 5.44. The molecule has 0 saturated carbocycles. The minimum atomic E-state index is 0.260. The fraction of sp³-hybridized carbons (Fsp3) is 0.100. The molecule has 88 valence electrons. The molecule has 0 saturated heterocycles. The molecule has 0 unspecified atom stereocenters. The minimum Gasteiger partial charge on any atom is -0.481 e. The Balaban J connectivity index is 2.45. The van der Waals surface area contributed by atoms with E-state index in [1.54, 1.807) is 25.4 Å². The Labute approximate surface area is 116 Å². The highest BCUT2D eigenvalue weighted by Crippen LogP contribution is 2.29. The highest BCUT2D eigenvalue weighted by Gasteiger charge is 2.10. The summed E-state index contributed by atoms with van der Waals surface area (Å²) in [7, 11) is 1.55. The monoisotopic (exact) mass is 333 g/mol. The van der Waals surface area contributed by atoms with Crippen molar-refractivity contribution >= 4 is 39.1 Å². The van der Waals surface area contributed by atoms with Crippen LogP contribution in [0.4, 0.5) is 0 Å². The zero-order chi connectivity index (χ0) is 12.4. The van der Waals surface area contributed by atoms with Gasteiger partial charge >= 0.3 is 0 Å². The molecule has 0 aliphatic carbocycles. The van der Waals surface area contributed by atoms with Crippen molar-refractivity contribution in [2.45, 2.75) is 0 Å². The van der Waals surface area contributed by atoms with Crippen LogP contribution in [0.1, 0.15) is 0 Å². The number of hydrogen-bond acceptors (Lipinski definition) is 4. The second kappa shape index (κ2) is 5.16. The molecule has 7 heteroatoms. The van der Waals surface area contributed by atoms with Gasteiger partial charge in [0.1, 0.15) is 10.3 Å². The van der Waals surface area contributed by atoms with Gasteiger partial charge in [0.2, 0.25) is 5.88 Å². The van der Waals surface area contributed by atoms with Gasteiger partial charge < -0.3 is 4.74 Å². The van der Waals surface area contributed by atoms with Gasteiger partial charge in [0, 0.05) is 17.8 Å². The number of methoxy groups -OCH3 is 1. The largest absolute Gasteiger partial charge is 0.481 e. The molecular weight excluding hydrogens is 329 g/mol. The van der Waals surface area contributed by atoms with Crippen LogP contribution >= 0.6 is 39.1 Å². The number of rotatable bonds is 2. The standard InChI is InChI=1S/C10H6BrCl2N3O/c1-17-6-3-2-5(4-14-6)10-15-8(12)7(11)9(13)16-10/h2-4H,1H3. The van der Waals surface area contributed by atoms with Crippen LogP contribution in [0.2, 0.25) is 10.3 Å². The number of pyridine rings is 1. The third-order valence-corrected chi connectivity index (χ3v) is 3.73. The Morgan fingerprint density at radius 3 is 2.29 bits per heavy atom. The third-order valence-electron chi connectivity index (χ3n) is 1.97. The maximum Gasteiger partial charge on any atom is 0.212 e. The minimum absolute atomic E-state index is 0.260. The van der Waals surface area contributed by atoms with Crippen molar-refractivity contribution < 1.29 is 4.74 Å². The molecule has 0 aliphatic heterocycles. The van der Waals surface area contributed by atoms with Crippen LogP contribution in [-0.2, 0) is 0 Å². The SMILES string of the molecule is COc1ccc(-c2nc(Cl)c(Br)c(Cl)n2)cn1. The maximum absolute atomic E-state index is 5.90. The quantitative estimate of drug-likeness (QED) is 0.787. The average Bonchev–Trinajstić information content (AvgIpc) is 2.35. The van der Waals surface area contributed by atoms with Crippen LogP contribution in [0.5, 0.6) is 5.88 Å². The van der Waals surface area contributed by atoms with Gasteiger partial charge in [0.05, 0.1) is 11.6 Å². The molecule has 0 N–H and O–H groups in total. The summed E-state index contributed by atoms with van der Waals surface area (Å²) in [4.78, 5) is 12.3. The van der Waals surface area contributed by atoms with Crippen LogP contribution in [-0.4, -0.2) is 22.1 Å². The van der Waals surface area contributed by atoms with Crippen molar-refractivity contribution in [3.63, 3.8) is 0 Å². The van der Waals surface area contributed by atoms with E-state index in [1.165, 1.54) is 0 Å². The van der Waals surface area contributed by atoms with Crippen molar-refractivity contribution in [3.05, 3.63) is 33.1 Å². The lowest BCUT2D eigenvalue weighted by Gasteiger charge is -2.04. The van der Waals surface area contributed by atoms with Gasteiger partial charge in [-0.1, -0.05) is 23.2 Å². The molecule has 0 atom stereocenters. The molecule has 0 bridgehead atoms. The lowest BCUT2D eigenvalue weighted by molar-refractivity contribution is 0.398. The molecule has 0 radical (unpaired) electrons. The molecule has 2 rings (SSSR count). The summed E-state index contributed by atoms with van der Waals surface area (Å²) in [6.07, 6.45) is 1.59. The maximum atomic E-state index is 5.90. The summed E-state index contributed by atoms with van der Waals surface area (Å²) in [5.74, 6) is 0.932. The zero-order valence-electron chi connectivity index (χ0n) is 8.62. The van der Waals surface area contributed by atoms with Gasteiger partial charge in [-0.15, -0.1) is 0 Å². The van der Waals surface area contributed by atoms with Crippen LogP contribution < -0.4 is 4.74 Å². The molecule has 2 heterocycles. The molecule has 4 nitrogen and oxygen atoms in total. The van der Waals surface area contributed by atoms with Crippen molar-refractivity contribution in [2.75, 3.05) is 7.11 Å². The van der Waals surface area contributed by atoms with Crippen molar-refractivity contribution in [2.24, 2.45) is 0 Å². The van der Waals surface area contributed by atoms with Crippen molar-refractivity contribution in [1.29, 1.82) is 0 Å². The van der Waals surface area contributed by atoms with Gasteiger partial charge in [-0.05, 0) is 22.0 Å². The van der Waals surface area contributed by atoms with E-state index in [0.717, 1.165) is 0 Å². The first-order valence-corrected chi connectivity index (χ1v) is 6.05. The predicted octanol–water partition coefficient (Wildman–Crippen LogP) is 3.62. The van der Waals surface area contributed by atoms with E-state index >= 15 is 0 Å². The number of aromatic nitrogens is 3. The average molecular weight is 335 g/mol. The van der Waals surface area contributed by atoms with E-state index in [2.05, 4.69) is 30.9 Å². The molecule has 2 aromatic rings. The van der Waals surface area contributed by atoms with Gasteiger partial charge in [-0.3, -0.25) is 0 Å². The predicted molar refractivity (Wildman–Crippen MR) is 69.5 cm³/mol. The van der Waals surface area contributed by atoms with E-state index in [4.69, 9.17) is 27.9 Å². The van der Waals surface area contributed by atoms with Crippen LogP contribution in [0, 0.1) is 0 Å². The lowest BCUT2D eigenvalue weighted by atomic mass is 10.2. The first kappa shape index (κ1) is 12.5. The van der Waals surface area contributed by atoms with Gasteiger partial charge in [0.15, 0.2) is 5.82 Å². The Morgan fingerprint density at radius 1 is 1.18 bits per heavy atom. The Kier molecular flexibility index (Phi) is 3.81. The summed E-state index contributed by atoms with van der Waals surface area (Å²) in [5, 5.41) is 0.520. The molecule has 2 aromatic heterocycles. The highest BCUT2D eigenvalue weighted by molar-refractivity contribution is 9.10. The first-order valence-electron chi connectivity index (χ1n) is 4.50. The van der Waals surface area contributed by atoms with E-state index in [1.807, 2.05) is 0 Å². The van der Waals surface area contributed by atoms with Crippen LogP contribution in [0.15, 0.2) is 22.8 Å². The van der Waals surface area contributed by atoms with E-state index in [0.29, 0.717) is 21.7 Å². The van der Waals surface area contributed by atoms with E-state index < -0.39 is 0 Å². The van der Waals surface area contributed by atoms with Crippen molar-refractivity contribution in [1.82, 2.24) is 15.0 Å². The number of halogens is 3. The fourth-order valence-corrected chi connectivity index (χ4v) is 1.72. The van der Waals surface area contributed by atoms with Crippen LogP contribution in [0.25, 0.3) is 11.4 Å². The second-order valence-corrected chi connectivity index (χ2v) is 4.54. The lowest BCUT2D eigenvalue weighted by Crippen LogP contribution is -1.93. The van der Waals surface area contributed by atoms with Gasteiger partial charge in [0.25, 0.3) is 0 Å². The molecular formula is C10H6BrCl2N3O. The van der Waals surface area contributed by atoms with Crippen molar-refractivity contribution in [3.8, 4) is 17.3 Å². The molecule has 17 heavy (non-hydrogen) atoms. The number of hydrogen-bond donors (Lipinski definition) is 0. The summed E-state index contributed by atoms with van der Waals surface area (Å²) in [6.45, 7) is 0. The highest BCUT2D eigenvalue weighted by atomic mass is 79.9. The van der Waals surface area contributed by atoms with Crippen LogP contribution in [0.3, 0.4) is 0 Å². The normalized spacial score (nSPS) is 10.4. The Morgan fingerprint density at radius 2 is 1.82 bits per heavy atom. The fourth-order valence-electron chi connectivity index (χ4n) is 1.16. The molecule has 0 aromatic carbocycles. The molecule has 0 amide bonds.